The number of rotatable bonds is 3. The summed E-state index contributed by atoms with van der Waals surface area (Å²) >= 11 is 0. The zero-order valence-corrected chi connectivity index (χ0v) is 9.95. The van der Waals surface area contributed by atoms with E-state index in [9.17, 15) is 10.1 Å². The Morgan fingerprint density at radius 2 is 2.21 bits per heavy atom. The Hall–Kier alpha value is -2.63. The predicted molar refractivity (Wildman–Crippen MR) is 69.2 cm³/mol. The molecule has 0 saturated carbocycles. The van der Waals surface area contributed by atoms with Gasteiger partial charge in [-0.25, -0.2) is 0 Å². The van der Waals surface area contributed by atoms with Crippen LogP contribution in [0.3, 0.4) is 0 Å². The number of nitro groups is 1. The lowest BCUT2D eigenvalue weighted by Crippen LogP contribution is -2.13. The van der Waals surface area contributed by atoms with Crippen molar-refractivity contribution < 1.29 is 9.66 Å². The van der Waals surface area contributed by atoms with Crippen LogP contribution in [-0.2, 0) is 0 Å². The Balaban J connectivity index is 1.90. The molecule has 0 radical (unpaired) electrons. The standard InChI is InChI=1S/C13H11N3O3/c17-16(18)12-7-14-6-5-10(12)15-11-8-19-13-4-2-1-3-9(11)13/h1-7,11H,8H2,(H,14,15). The molecule has 6 heteroatoms. The van der Waals surface area contributed by atoms with Gasteiger partial charge in [0.25, 0.3) is 0 Å². The minimum atomic E-state index is -0.447. The molecule has 96 valence electrons. The maximum atomic E-state index is 10.9. The highest BCUT2D eigenvalue weighted by molar-refractivity contribution is 5.61. The number of para-hydroxylation sites is 1. The summed E-state index contributed by atoms with van der Waals surface area (Å²) in [6.07, 6.45) is 2.76. The predicted octanol–water partition coefficient (Wildman–Crippen LogP) is 2.54. The second-order valence-electron chi connectivity index (χ2n) is 4.20. The van der Waals surface area contributed by atoms with E-state index in [1.165, 1.54) is 12.4 Å². The Labute approximate surface area is 109 Å². The van der Waals surface area contributed by atoms with Crippen LogP contribution in [0.5, 0.6) is 5.75 Å². The number of hydrogen-bond acceptors (Lipinski definition) is 5. The summed E-state index contributed by atoms with van der Waals surface area (Å²) in [7, 11) is 0. The molecule has 0 aliphatic carbocycles. The SMILES string of the molecule is O=[N+]([O-])c1cnccc1NC1COc2ccccc21. The topological polar surface area (TPSA) is 77.3 Å². The number of fused-ring (bicyclic) bond motifs is 1. The molecule has 1 aromatic heterocycles. The number of pyridine rings is 1. The van der Waals surface area contributed by atoms with E-state index in [4.69, 9.17) is 4.74 Å². The summed E-state index contributed by atoms with van der Waals surface area (Å²) in [6, 6.07) is 9.17. The smallest absolute Gasteiger partial charge is 0.310 e. The molecular weight excluding hydrogens is 246 g/mol. The lowest BCUT2D eigenvalue weighted by molar-refractivity contribution is -0.384. The van der Waals surface area contributed by atoms with Crippen LogP contribution >= 0.6 is 0 Å². The van der Waals surface area contributed by atoms with E-state index >= 15 is 0 Å². The normalized spacial score (nSPS) is 16.5. The highest BCUT2D eigenvalue weighted by atomic mass is 16.6. The number of benzene rings is 1. The zero-order valence-electron chi connectivity index (χ0n) is 9.95. The van der Waals surface area contributed by atoms with Gasteiger partial charge in [0, 0.05) is 11.8 Å². The minimum Gasteiger partial charge on any atom is -0.491 e. The van der Waals surface area contributed by atoms with Crippen molar-refractivity contribution in [2.24, 2.45) is 0 Å². The van der Waals surface area contributed by atoms with Crippen LogP contribution in [0, 0.1) is 10.1 Å². The summed E-state index contributed by atoms with van der Waals surface area (Å²) in [4.78, 5) is 14.3. The quantitative estimate of drug-likeness (QED) is 0.675. The van der Waals surface area contributed by atoms with E-state index in [1.54, 1.807) is 6.07 Å². The second-order valence-corrected chi connectivity index (χ2v) is 4.20. The van der Waals surface area contributed by atoms with E-state index in [2.05, 4.69) is 10.3 Å². The lowest BCUT2D eigenvalue weighted by Gasteiger charge is -2.12. The van der Waals surface area contributed by atoms with Gasteiger partial charge in [0.1, 0.15) is 24.2 Å². The third kappa shape index (κ3) is 2.08. The molecule has 1 aliphatic heterocycles. The fourth-order valence-corrected chi connectivity index (χ4v) is 2.12. The van der Waals surface area contributed by atoms with Crippen molar-refractivity contribution in [2.75, 3.05) is 11.9 Å². The van der Waals surface area contributed by atoms with Gasteiger partial charge in [-0.05, 0) is 12.1 Å². The van der Waals surface area contributed by atoms with Crippen molar-refractivity contribution in [3.63, 3.8) is 0 Å². The highest BCUT2D eigenvalue weighted by Gasteiger charge is 2.25. The van der Waals surface area contributed by atoms with Gasteiger partial charge < -0.3 is 10.1 Å². The van der Waals surface area contributed by atoms with Crippen LogP contribution in [0.4, 0.5) is 11.4 Å². The summed E-state index contributed by atoms with van der Waals surface area (Å²) < 4.78 is 5.54. The molecule has 1 atom stereocenters. The molecule has 3 rings (SSSR count). The first kappa shape index (κ1) is 11.5. The summed E-state index contributed by atoms with van der Waals surface area (Å²) in [5, 5.41) is 14.1. The fraction of sp³-hybridized carbons (Fsp3) is 0.154. The van der Waals surface area contributed by atoms with Gasteiger partial charge in [0.05, 0.1) is 11.0 Å². The molecule has 0 spiro atoms. The molecule has 1 aromatic carbocycles. The molecule has 19 heavy (non-hydrogen) atoms. The maximum absolute atomic E-state index is 10.9. The van der Waals surface area contributed by atoms with E-state index in [0.29, 0.717) is 12.3 Å². The first-order chi connectivity index (χ1) is 9.25. The molecule has 1 N–H and O–H groups in total. The van der Waals surface area contributed by atoms with Gasteiger partial charge >= 0.3 is 5.69 Å². The molecule has 0 bridgehead atoms. The number of aromatic nitrogens is 1. The Kier molecular flexibility index (Phi) is 2.75. The first-order valence-corrected chi connectivity index (χ1v) is 5.82. The van der Waals surface area contributed by atoms with Crippen molar-refractivity contribution in [3.8, 4) is 5.75 Å². The maximum Gasteiger partial charge on any atom is 0.310 e. The fourth-order valence-electron chi connectivity index (χ4n) is 2.12. The molecule has 0 saturated heterocycles. The molecule has 0 amide bonds. The van der Waals surface area contributed by atoms with Crippen LogP contribution in [-0.4, -0.2) is 16.5 Å². The van der Waals surface area contributed by atoms with Gasteiger partial charge in [-0.2, -0.15) is 0 Å². The molecular formula is C13H11N3O3. The molecule has 0 fully saturated rings. The largest absolute Gasteiger partial charge is 0.491 e. The number of anilines is 1. The first-order valence-electron chi connectivity index (χ1n) is 5.82. The van der Waals surface area contributed by atoms with Gasteiger partial charge in [0.15, 0.2) is 0 Å². The molecule has 1 unspecified atom stereocenters. The minimum absolute atomic E-state index is 0.0353. The van der Waals surface area contributed by atoms with Crippen LogP contribution in [0.25, 0.3) is 0 Å². The number of hydrogen-bond donors (Lipinski definition) is 1. The Morgan fingerprint density at radius 1 is 1.37 bits per heavy atom. The summed E-state index contributed by atoms with van der Waals surface area (Å²) in [6.45, 7) is 0.457. The van der Waals surface area contributed by atoms with E-state index < -0.39 is 4.92 Å². The van der Waals surface area contributed by atoms with Crippen LogP contribution in [0.1, 0.15) is 11.6 Å². The average Bonchev–Trinajstić information content (AvgIpc) is 2.83. The molecule has 6 nitrogen and oxygen atoms in total. The van der Waals surface area contributed by atoms with Crippen molar-refractivity contribution >= 4 is 11.4 Å². The van der Waals surface area contributed by atoms with Gasteiger partial charge in [-0.15, -0.1) is 0 Å². The average molecular weight is 257 g/mol. The van der Waals surface area contributed by atoms with Crippen LogP contribution in [0.2, 0.25) is 0 Å². The highest BCUT2D eigenvalue weighted by Crippen LogP contribution is 2.35. The lowest BCUT2D eigenvalue weighted by atomic mass is 10.1. The van der Waals surface area contributed by atoms with Gasteiger partial charge in [-0.3, -0.25) is 15.1 Å². The zero-order chi connectivity index (χ0) is 13.2. The van der Waals surface area contributed by atoms with Crippen LogP contribution in [0.15, 0.2) is 42.7 Å². The Morgan fingerprint density at radius 3 is 3.05 bits per heavy atom. The van der Waals surface area contributed by atoms with E-state index in [0.717, 1.165) is 11.3 Å². The number of ether oxygens (including phenoxy) is 1. The molecule has 2 heterocycles. The van der Waals surface area contributed by atoms with Crippen molar-refractivity contribution in [1.29, 1.82) is 0 Å². The Bertz CT molecular complexity index is 630. The van der Waals surface area contributed by atoms with E-state index in [1.807, 2.05) is 24.3 Å². The monoisotopic (exact) mass is 257 g/mol. The number of nitrogens with one attached hydrogen (secondary N) is 1. The molecule has 1 aliphatic rings. The van der Waals surface area contributed by atoms with Crippen molar-refractivity contribution in [3.05, 3.63) is 58.4 Å². The third-order valence-electron chi connectivity index (χ3n) is 3.03. The molecule has 2 aromatic rings. The van der Waals surface area contributed by atoms with Gasteiger partial charge in [0.2, 0.25) is 0 Å². The summed E-state index contributed by atoms with van der Waals surface area (Å²) in [5.74, 6) is 0.816. The third-order valence-corrected chi connectivity index (χ3v) is 3.03. The second kappa shape index (κ2) is 4.56. The van der Waals surface area contributed by atoms with Gasteiger partial charge in [-0.1, -0.05) is 18.2 Å². The summed E-state index contributed by atoms with van der Waals surface area (Å²) in [5.41, 5.74) is 1.42. The van der Waals surface area contributed by atoms with Crippen LogP contribution < -0.4 is 10.1 Å². The van der Waals surface area contributed by atoms with Crippen molar-refractivity contribution in [2.45, 2.75) is 6.04 Å². The number of nitrogens with zero attached hydrogens (tertiary/aromatic N) is 2. The van der Waals surface area contributed by atoms with Crippen molar-refractivity contribution in [1.82, 2.24) is 4.98 Å². The van der Waals surface area contributed by atoms with E-state index in [-0.39, 0.29) is 11.7 Å².